The van der Waals surface area contributed by atoms with Crippen LogP contribution in [0.15, 0.2) is 18.2 Å². The van der Waals surface area contributed by atoms with Crippen LogP contribution in [0.2, 0.25) is 0 Å². The summed E-state index contributed by atoms with van der Waals surface area (Å²) < 4.78 is 11.3. The smallest absolute Gasteiger partial charge is 0.199 e. The third kappa shape index (κ3) is 3.07. The number of hydrogen-bond acceptors (Lipinski definition) is 3. The number of benzene rings is 1. The molecule has 92 valence electrons. The van der Waals surface area contributed by atoms with E-state index in [1.54, 1.807) is 13.0 Å². The second-order valence-corrected chi connectivity index (χ2v) is 4.45. The van der Waals surface area contributed by atoms with Gasteiger partial charge in [0.2, 0.25) is 0 Å². The predicted molar refractivity (Wildman–Crippen MR) is 65.4 cm³/mol. The minimum atomic E-state index is -0.134. The lowest BCUT2D eigenvalue weighted by Crippen LogP contribution is -2.25. The van der Waals surface area contributed by atoms with Crippen LogP contribution < -0.4 is 4.74 Å². The molecule has 3 nitrogen and oxygen atoms in total. The number of carbonyl (C=O) groups excluding carboxylic acids is 1. The van der Waals surface area contributed by atoms with E-state index in [1.165, 1.54) is 0 Å². The molecule has 0 N–H and O–H groups in total. The summed E-state index contributed by atoms with van der Waals surface area (Å²) in [6, 6.07) is 5.51. The standard InChI is InChI=1S/C14H18O3/c1-10-9-12(11(2)15)6-7-13(10)17-14-5-3-4-8-16-14/h6-7,9,14H,3-5,8H2,1-2H3. The minimum absolute atomic E-state index is 0.0774. The predicted octanol–water partition coefficient (Wildman–Crippen LogP) is 3.10. The highest BCUT2D eigenvalue weighted by Gasteiger charge is 2.16. The summed E-state index contributed by atoms with van der Waals surface area (Å²) >= 11 is 0. The van der Waals surface area contributed by atoms with Crippen molar-refractivity contribution in [2.75, 3.05) is 6.61 Å². The van der Waals surface area contributed by atoms with E-state index >= 15 is 0 Å². The highest BCUT2D eigenvalue weighted by Crippen LogP contribution is 2.23. The summed E-state index contributed by atoms with van der Waals surface area (Å²) in [5.74, 6) is 0.885. The quantitative estimate of drug-likeness (QED) is 0.754. The van der Waals surface area contributed by atoms with Crippen molar-refractivity contribution < 1.29 is 14.3 Å². The Kier molecular flexibility index (Phi) is 3.79. The van der Waals surface area contributed by atoms with Crippen LogP contribution >= 0.6 is 0 Å². The molecule has 1 fully saturated rings. The first-order chi connectivity index (χ1) is 8.16. The highest BCUT2D eigenvalue weighted by molar-refractivity contribution is 5.94. The van der Waals surface area contributed by atoms with Gasteiger partial charge in [-0.3, -0.25) is 4.79 Å². The zero-order valence-corrected chi connectivity index (χ0v) is 10.4. The van der Waals surface area contributed by atoms with Gasteiger partial charge in [0.05, 0.1) is 6.61 Å². The van der Waals surface area contributed by atoms with Gasteiger partial charge < -0.3 is 9.47 Å². The highest BCUT2D eigenvalue weighted by atomic mass is 16.7. The molecule has 1 aliphatic heterocycles. The SMILES string of the molecule is CC(=O)c1ccc(OC2CCCCO2)c(C)c1. The molecular formula is C14H18O3. The lowest BCUT2D eigenvalue weighted by molar-refractivity contribution is -0.106. The molecule has 1 aromatic carbocycles. The van der Waals surface area contributed by atoms with Gasteiger partial charge in [-0.15, -0.1) is 0 Å². The molecule has 0 saturated carbocycles. The van der Waals surface area contributed by atoms with Crippen molar-refractivity contribution in [3.05, 3.63) is 29.3 Å². The second-order valence-electron chi connectivity index (χ2n) is 4.45. The Balaban J connectivity index is 2.08. The number of Topliss-reactive ketones (excluding diaryl/α,β-unsaturated/α-hetero) is 1. The van der Waals surface area contributed by atoms with Crippen molar-refractivity contribution in [3.8, 4) is 5.75 Å². The van der Waals surface area contributed by atoms with Crippen molar-refractivity contribution in [2.24, 2.45) is 0 Å². The lowest BCUT2D eigenvalue weighted by Gasteiger charge is -2.24. The molecule has 1 aromatic rings. The Bertz CT molecular complexity index is 406. The number of hydrogen-bond donors (Lipinski definition) is 0. The fourth-order valence-electron chi connectivity index (χ4n) is 1.95. The van der Waals surface area contributed by atoms with Gasteiger partial charge in [0, 0.05) is 12.0 Å². The zero-order chi connectivity index (χ0) is 12.3. The molecule has 1 unspecified atom stereocenters. The van der Waals surface area contributed by atoms with E-state index in [4.69, 9.17) is 9.47 Å². The van der Waals surface area contributed by atoms with Crippen molar-refractivity contribution in [3.63, 3.8) is 0 Å². The molecule has 0 spiro atoms. The van der Waals surface area contributed by atoms with E-state index in [2.05, 4.69) is 0 Å². The third-order valence-corrected chi connectivity index (χ3v) is 2.98. The summed E-state index contributed by atoms with van der Waals surface area (Å²) in [5.41, 5.74) is 1.70. The Hall–Kier alpha value is -1.35. The Morgan fingerprint density at radius 3 is 2.82 bits per heavy atom. The first-order valence-corrected chi connectivity index (χ1v) is 6.06. The van der Waals surface area contributed by atoms with Crippen LogP contribution in [0.5, 0.6) is 5.75 Å². The topological polar surface area (TPSA) is 35.5 Å². The minimum Gasteiger partial charge on any atom is -0.465 e. The Morgan fingerprint density at radius 2 is 2.24 bits per heavy atom. The molecule has 1 aliphatic rings. The van der Waals surface area contributed by atoms with Gasteiger partial charge >= 0.3 is 0 Å². The molecule has 1 atom stereocenters. The van der Waals surface area contributed by atoms with Gasteiger partial charge in [-0.2, -0.15) is 0 Å². The van der Waals surface area contributed by atoms with E-state index in [9.17, 15) is 4.79 Å². The number of ketones is 1. The van der Waals surface area contributed by atoms with Crippen molar-refractivity contribution >= 4 is 5.78 Å². The van der Waals surface area contributed by atoms with Gasteiger partial charge in [0.1, 0.15) is 5.75 Å². The van der Waals surface area contributed by atoms with Gasteiger partial charge in [0.15, 0.2) is 12.1 Å². The molecule has 0 amide bonds. The van der Waals surface area contributed by atoms with Gasteiger partial charge in [-0.05, 0) is 50.5 Å². The molecule has 0 radical (unpaired) electrons. The second kappa shape index (κ2) is 5.32. The zero-order valence-electron chi connectivity index (χ0n) is 10.4. The fraction of sp³-hybridized carbons (Fsp3) is 0.500. The Labute approximate surface area is 102 Å². The first-order valence-electron chi connectivity index (χ1n) is 6.06. The molecule has 1 saturated heterocycles. The van der Waals surface area contributed by atoms with Crippen molar-refractivity contribution in [1.29, 1.82) is 0 Å². The maximum atomic E-state index is 11.2. The first kappa shape index (κ1) is 12.1. The van der Waals surface area contributed by atoms with Gasteiger partial charge in [0.25, 0.3) is 0 Å². The summed E-state index contributed by atoms with van der Waals surface area (Å²) in [6.07, 6.45) is 3.07. The molecule has 2 rings (SSSR count). The molecule has 0 aliphatic carbocycles. The van der Waals surface area contributed by atoms with Crippen molar-refractivity contribution in [1.82, 2.24) is 0 Å². The van der Waals surface area contributed by atoms with E-state index in [1.807, 2.05) is 19.1 Å². The molecule has 3 heteroatoms. The van der Waals surface area contributed by atoms with Crippen LogP contribution in [0.4, 0.5) is 0 Å². The van der Waals surface area contributed by atoms with Gasteiger partial charge in [-0.1, -0.05) is 0 Å². The number of rotatable bonds is 3. The van der Waals surface area contributed by atoms with Crippen LogP contribution in [-0.2, 0) is 4.74 Å². The van der Waals surface area contributed by atoms with E-state index in [0.717, 1.165) is 42.7 Å². The lowest BCUT2D eigenvalue weighted by atomic mass is 10.1. The number of ether oxygens (including phenoxy) is 2. The summed E-state index contributed by atoms with van der Waals surface area (Å²) in [6.45, 7) is 4.29. The summed E-state index contributed by atoms with van der Waals surface area (Å²) in [4.78, 5) is 11.2. The van der Waals surface area contributed by atoms with Crippen LogP contribution in [0.1, 0.15) is 42.1 Å². The average Bonchev–Trinajstić information content (AvgIpc) is 2.33. The van der Waals surface area contributed by atoms with Gasteiger partial charge in [-0.25, -0.2) is 0 Å². The number of carbonyl (C=O) groups is 1. The molecule has 0 bridgehead atoms. The van der Waals surface area contributed by atoms with Crippen LogP contribution in [-0.4, -0.2) is 18.7 Å². The van der Waals surface area contributed by atoms with Crippen LogP contribution in [0.3, 0.4) is 0 Å². The maximum absolute atomic E-state index is 11.2. The molecule has 0 aromatic heterocycles. The summed E-state index contributed by atoms with van der Waals surface area (Å²) in [5, 5.41) is 0. The third-order valence-electron chi connectivity index (χ3n) is 2.98. The Morgan fingerprint density at radius 1 is 1.41 bits per heavy atom. The van der Waals surface area contributed by atoms with E-state index in [-0.39, 0.29) is 12.1 Å². The fourth-order valence-corrected chi connectivity index (χ4v) is 1.95. The monoisotopic (exact) mass is 234 g/mol. The van der Waals surface area contributed by atoms with Crippen LogP contribution in [0.25, 0.3) is 0 Å². The molecular weight excluding hydrogens is 216 g/mol. The average molecular weight is 234 g/mol. The molecule has 1 heterocycles. The maximum Gasteiger partial charge on any atom is 0.199 e. The van der Waals surface area contributed by atoms with Crippen molar-refractivity contribution in [2.45, 2.75) is 39.4 Å². The normalized spacial score (nSPS) is 20.0. The summed E-state index contributed by atoms with van der Waals surface area (Å²) in [7, 11) is 0. The largest absolute Gasteiger partial charge is 0.465 e. The van der Waals surface area contributed by atoms with Crippen LogP contribution in [0, 0.1) is 6.92 Å². The molecule has 17 heavy (non-hydrogen) atoms. The van der Waals surface area contributed by atoms with E-state index < -0.39 is 0 Å². The number of aryl methyl sites for hydroxylation is 1. The van der Waals surface area contributed by atoms with E-state index in [0.29, 0.717) is 0 Å².